The second-order valence-corrected chi connectivity index (χ2v) is 9.21. The smallest absolute Gasteiger partial charge is 0.290 e. The van der Waals surface area contributed by atoms with E-state index >= 15 is 0 Å². The van der Waals surface area contributed by atoms with E-state index in [1.807, 2.05) is 54.7 Å². The summed E-state index contributed by atoms with van der Waals surface area (Å²) in [6.07, 6.45) is 2.53. The molecular weight excluding hydrogens is 476 g/mol. The average Bonchev–Trinajstić information content (AvgIpc) is 3.41. The van der Waals surface area contributed by atoms with Crippen molar-refractivity contribution in [3.05, 3.63) is 112 Å². The van der Waals surface area contributed by atoms with E-state index in [0.29, 0.717) is 23.6 Å². The van der Waals surface area contributed by atoms with Crippen LogP contribution in [0.25, 0.3) is 10.9 Å². The zero-order valence-electron chi connectivity index (χ0n) is 19.7. The lowest BCUT2D eigenvalue weighted by Gasteiger charge is -2.27. The van der Waals surface area contributed by atoms with E-state index in [9.17, 15) is 14.7 Å². The van der Waals surface area contributed by atoms with Gasteiger partial charge in [0.2, 0.25) is 0 Å². The van der Waals surface area contributed by atoms with E-state index in [0.717, 1.165) is 27.8 Å². The summed E-state index contributed by atoms with van der Waals surface area (Å²) in [4.78, 5) is 31.5. The molecular formula is C29H25ClN2O4. The molecule has 0 aliphatic carbocycles. The molecule has 7 heteroatoms. The molecule has 0 saturated heterocycles. The topological polar surface area (TPSA) is 82.6 Å². The fraction of sp³-hybridized carbons (Fsp3) is 0.172. The number of hydrogen-bond acceptors (Lipinski definition) is 4. The molecule has 0 saturated carbocycles. The lowest BCUT2D eigenvalue weighted by Crippen LogP contribution is -2.33. The second kappa shape index (κ2) is 9.91. The lowest BCUT2D eigenvalue weighted by molar-refractivity contribution is -0.129. The number of ether oxygens (including phenoxy) is 1. The summed E-state index contributed by atoms with van der Waals surface area (Å²) in [6.45, 7) is 0.308. The number of fused-ring (bicyclic) bond motifs is 1. The summed E-state index contributed by atoms with van der Waals surface area (Å²) >= 11 is 6.10. The monoisotopic (exact) mass is 500 g/mol. The molecule has 0 spiro atoms. The van der Waals surface area contributed by atoms with Gasteiger partial charge in [-0.2, -0.15) is 0 Å². The molecule has 4 aromatic rings. The van der Waals surface area contributed by atoms with Crippen LogP contribution >= 0.6 is 11.6 Å². The highest BCUT2D eigenvalue weighted by atomic mass is 35.5. The number of hydrogen-bond donors (Lipinski definition) is 2. The van der Waals surface area contributed by atoms with E-state index in [1.54, 1.807) is 36.3 Å². The minimum absolute atomic E-state index is 0.0910. The van der Waals surface area contributed by atoms with Gasteiger partial charge in [0.25, 0.3) is 5.91 Å². The quantitative estimate of drug-likeness (QED) is 0.331. The number of ketones is 1. The van der Waals surface area contributed by atoms with Gasteiger partial charge in [-0.15, -0.1) is 0 Å². The summed E-state index contributed by atoms with van der Waals surface area (Å²) in [5.41, 5.74) is 3.62. The van der Waals surface area contributed by atoms with Crippen LogP contribution in [0, 0.1) is 0 Å². The highest BCUT2D eigenvalue weighted by Gasteiger charge is 2.43. The molecule has 182 valence electrons. The zero-order chi connectivity index (χ0) is 25.2. The fourth-order valence-corrected chi connectivity index (χ4v) is 4.90. The molecule has 2 heterocycles. The summed E-state index contributed by atoms with van der Waals surface area (Å²) in [5, 5.41) is 12.4. The number of amides is 1. The molecule has 6 nitrogen and oxygen atoms in total. The number of Topliss-reactive ketones (excluding diaryl/α,β-unsaturated/α-hetero) is 1. The fourth-order valence-electron chi connectivity index (χ4n) is 4.77. The Morgan fingerprint density at radius 2 is 1.83 bits per heavy atom. The molecule has 3 aromatic carbocycles. The number of methoxy groups -OCH3 is 1. The minimum Gasteiger partial charge on any atom is -0.503 e. The maximum atomic E-state index is 13.4. The van der Waals surface area contributed by atoms with Gasteiger partial charge in [0.15, 0.2) is 11.5 Å². The SMILES string of the molecule is COc1ccc2[nH]cc(CCN3C(=O)C(O)=C(C(=O)Cc4ccccc4)[C@H]3c3ccc(Cl)cc3)c2c1. The largest absolute Gasteiger partial charge is 0.503 e. The normalized spacial score (nSPS) is 15.7. The third-order valence-corrected chi connectivity index (χ3v) is 6.85. The van der Waals surface area contributed by atoms with Crippen molar-refractivity contribution in [3.8, 4) is 5.75 Å². The molecule has 2 N–H and O–H groups in total. The maximum absolute atomic E-state index is 13.4. The molecule has 0 fully saturated rings. The lowest BCUT2D eigenvalue weighted by atomic mass is 9.93. The second-order valence-electron chi connectivity index (χ2n) is 8.78. The van der Waals surface area contributed by atoms with Gasteiger partial charge in [-0.1, -0.05) is 54.1 Å². The predicted octanol–water partition coefficient (Wildman–Crippen LogP) is 5.58. The van der Waals surface area contributed by atoms with Gasteiger partial charge in [-0.25, -0.2) is 0 Å². The van der Waals surface area contributed by atoms with Gasteiger partial charge >= 0.3 is 0 Å². The highest BCUT2D eigenvalue weighted by Crippen LogP contribution is 2.39. The van der Waals surface area contributed by atoms with Crippen molar-refractivity contribution in [2.45, 2.75) is 18.9 Å². The molecule has 0 radical (unpaired) electrons. The van der Waals surface area contributed by atoms with Crippen LogP contribution in [0.15, 0.2) is 90.3 Å². The Labute approximate surface area is 213 Å². The van der Waals surface area contributed by atoms with Crippen LogP contribution in [0.4, 0.5) is 0 Å². The van der Waals surface area contributed by atoms with Gasteiger partial charge in [0.05, 0.1) is 18.7 Å². The van der Waals surface area contributed by atoms with E-state index in [1.165, 1.54) is 0 Å². The molecule has 0 unspecified atom stereocenters. The molecule has 1 aliphatic heterocycles. The van der Waals surface area contributed by atoms with Crippen molar-refractivity contribution in [2.24, 2.45) is 0 Å². The van der Waals surface area contributed by atoms with Gasteiger partial charge in [-0.05, 0) is 53.4 Å². The number of aliphatic hydroxyl groups excluding tert-OH is 1. The van der Waals surface area contributed by atoms with Crippen molar-refractivity contribution in [3.63, 3.8) is 0 Å². The van der Waals surface area contributed by atoms with Crippen LogP contribution in [-0.2, 0) is 22.4 Å². The number of nitrogens with one attached hydrogen (secondary N) is 1. The average molecular weight is 501 g/mol. The van der Waals surface area contributed by atoms with Crippen LogP contribution in [0.1, 0.15) is 22.7 Å². The number of nitrogens with zero attached hydrogens (tertiary/aromatic N) is 1. The van der Waals surface area contributed by atoms with E-state index < -0.39 is 17.7 Å². The van der Waals surface area contributed by atoms with Gasteiger partial charge in [0, 0.05) is 35.1 Å². The predicted molar refractivity (Wildman–Crippen MR) is 139 cm³/mol. The first-order valence-electron chi connectivity index (χ1n) is 11.7. The Balaban J connectivity index is 1.47. The van der Waals surface area contributed by atoms with Gasteiger partial charge < -0.3 is 19.7 Å². The molecule has 5 rings (SSSR count). The third kappa shape index (κ3) is 4.48. The summed E-state index contributed by atoms with van der Waals surface area (Å²) in [5.74, 6) is -0.584. The minimum atomic E-state index is -0.703. The first kappa shape index (κ1) is 23.7. The summed E-state index contributed by atoms with van der Waals surface area (Å²) < 4.78 is 5.36. The summed E-state index contributed by atoms with van der Waals surface area (Å²) in [6, 6.07) is 21.4. The summed E-state index contributed by atoms with van der Waals surface area (Å²) in [7, 11) is 1.62. The van der Waals surface area contributed by atoms with Crippen LogP contribution in [0.2, 0.25) is 5.02 Å². The molecule has 1 aromatic heterocycles. The van der Waals surface area contributed by atoms with Crippen LogP contribution < -0.4 is 4.74 Å². The molecule has 0 bridgehead atoms. The number of H-pyrrole nitrogens is 1. The van der Waals surface area contributed by atoms with Gasteiger partial charge in [-0.3, -0.25) is 9.59 Å². The Morgan fingerprint density at radius 3 is 2.56 bits per heavy atom. The number of carbonyl (C=O) groups is 2. The zero-order valence-corrected chi connectivity index (χ0v) is 20.5. The molecule has 1 amide bonds. The van der Waals surface area contributed by atoms with Crippen molar-refractivity contribution in [2.75, 3.05) is 13.7 Å². The number of aromatic amines is 1. The van der Waals surface area contributed by atoms with Crippen LogP contribution in [0.5, 0.6) is 5.75 Å². The van der Waals surface area contributed by atoms with Gasteiger partial charge in [0.1, 0.15) is 5.75 Å². The number of carbonyl (C=O) groups excluding carboxylic acids is 2. The van der Waals surface area contributed by atoms with Crippen molar-refractivity contribution in [1.82, 2.24) is 9.88 Å². The first-order valence-corrected chi connectivity index (χ1v) is 12.0. The number of rotatable bonds is 8. The Bertz CT molecular complexity index is 1460. The number of aliphatic hydroxyl groups is 1. The van der Waals surface area contributed by atoms with Crippen molar-refractivity contribution < 1.29 is 19.4 Å². The van der Waals surface area contributed by atoms with E-state index in [2.05, 4.69) is 4.98 Å². The Morgan fingerprint density at radius 1 is 1.08 bits per heavy atom. The molecule has 1 aliphatic rings. The number of halogens is 1. The molecule has 36 heavy (non-hydrogen) atoms. The maximum Gasteiger partial charge on any atom is 0.290 e. The van der Waals surface area contributed by atoms with E-state index in [-0.39, 0.29) is 17.8 Å². The Kier molecular flexibility index (Phi) is 6.53. The van der Waals surface area contributed by atoms with E-state index in [4.69, 9.17) is 16.3 Å². The first-order chi connectivity index (χ1) is 17.5. The van der Waals surface area contributed by atoms with Crippen molar-refractivity contribution in [1.29, 1.82) is 0 Å². The highest BCUT2D eigenvalue weighted by molar-refractivity contribution is 6.30. The van der Waals surface area contributed by atoms with Crippen molar-refractivity contribution >= 4 is 34.2 Å². The van der Waals surface area contributed by atoms with Crippen LogP contribution in [0.3, 0.4) is 0 Å². The third-order valence-electron chi connectivity index (χ3n) is 6.59. The Hall–Kier alpha value is -4.03. The van der Waals surface area contributed by atoms with Crippen LogP contribution in [-0.4, -0.2) is 40.3 Å². The molecule has 1 atom stereocenters. The number of benzene rings is 3. The number of aromatic nitrogens is 1. The standard InChI is InChI=1S/C29H25ClN2O4/c1-36-22-11-12-24-23(16-22)20(17-31-24)13-14-32-27(19-7-9-21(30)10-8-19)26(28(34)29(32)35)25(33)15-18-5-3-2-4-6-18/h2-12,16-17,27,31,34H,13-15H2,1H3/t27-/m1/s1.